The van der Waals surface area contributed by atoms with E-state index in [0.29, 0.717) is 6.61 Å². The van der Waals surface area contributed by atoms with Crippen LogP contribution in [0.3, 0.4) is 0 Å². The molecule has 0 saturated heterocycles. The second-order valence-electron chi connectivity index (χ2n) is 3.90. The quantitative estimate of drug-likeness (QED) is 0.810. The van der Waals surface area contributed by atoms with E-state index in [-0.39, 0.29) is 5.97 Å². The van der Waals surface area contributed by atoms with Gasteiger partial charge in [0.05, 0.1) is 24.1 Å². The summed E-state index contributed by atoms with van der Waals surface area (Å²) in [6.07, 6.45) is 6.15. The summed E-state index contributed by atoms with van der Waals surface area (Å²) in [6.45, 7) is 2.24. The number of ether oxygens (including phenoxy) is 1. The van der Waals surface area contributed by atoms with Crippen molar-refractivity contribution >= 4 is 11.7 Å². The molecule has 0 atom stereocenters. The Kier molecular flexibility index (Phi) is 3.75. The van der Waals surface area contributed by atoms with Crippen LogP contribution in [-0.4, -0.2) is 17.6 Å². The Bertz CT molecular complexity index is 426. The summed E-state index contributed by atoms with van der Waals surface area (Å²) in [6, 6.07) is 3.79. The van der Waals surface area contributed by atoms with Gasteiger partial charge in [-0.05, 0) is 38.3 Å². The third-order valence-corrected chi connectivity index (χ3v) is 2.70. The summed E-state index contributed by atoms with van der Waals surface area (Å²) in [5.74, 6) is -0.198. The lowest BCUT2D eigenvalue weighted by atomic mass is 10.2. The lowest BCUT2D eigenvalue weighted by Crippen LogP contribution is -2.10. The maximum absolute atomic E-state index is 11.7. The fraction of sp³-hybridized carbons (Fsp3) is 0.385. The largest absolute Gasteiger partial charge is 0.463 e. The number of pyridine rings is 1. The van der Waals surface area contributed by atoms with Crippen LogP contribution in [0.15, 0.2) is 35.8 Å². The Morgan fingerprint density at radius 3 is 3.12 bits per heavy atom. The van der Waals surface area contributed by atoms with Crippen molar-refractivity contribution in [2.75, 3.05) is 11.9 Å². The average molecular weight is 232 g/mol. The summed E-state index contributed by atoms with van der Waals surface area (Å²) < 4.78 is 5.04. The molecule has 90 valence electrons. The first kappa shape index (κ1) is 11.6. The first-order valence-electron chi connectivity index (χ1n) is 5.87. The molecule has 1 aromatic heterocycles. The monoisotopic (exact) mass is 232 g/mol. The molecule has 1 aliphatic rings. The number of hydrogen-bond acceptors (Lipinski definition) is 4. The van der Waals surface area contributed by atoms with Crippen molar-refractivity contribution in [3.05, 3.63) is 35.8 Å². The number of hydrogen-bond donors (Lipinski definition) is 1. The Morgan fingerprint density at radius 1 is 1.53 bits per heavy atom. The van der Waals surface area contributed by atoms with Gasteiger partial charge in [-0.2, -0.15) is 0 Å². The van der Waals surface area contributed by atoms with Gasteiger partial charge in [0.2, 0.25) is 0 Å². The highest BCUT2D eigenvalue weighted by Crippen LogP contribution is 2.27. The molecule has 1 heterocycles. The molecule has 0 bridgehead atoms. The Balaban J connectivity index is 2.13. The van der Waals surface area contributed by atoms with Gasteiger partial charge in [-0.3, -0.25) is 4.98 Å². The molecule has 1 aromatic rings. The molecule has 0 fully saturated rings. The van der Waals surface area contributed by atoms with Gasteiger partial charge in [-0.25, -0.2) is 4.79 Å². The summed E-state index contributed by atoms with van der Waals surface area (Å²) >= 11 is 0. The first-order chi connectivity index (χ1) is 8.31. The zero-order chi connectivity index (χ0) is 12.1. The Hall–Kier alpha value is -1.84. The van der Waals surface area contributed by atoms with Gasteiger partial charge in [0.1, 0.15) is 0 Å². The highest BCUT2D eigenvalue weighted by atomic mass is 16.5. The topological polar surface area (TPSA) is 51.2 Å². The predicted molar refractivity (Wildman–Crippen MR) is 65.4 cm³/mol. The van der Waals surface area contributed by atoms with Crippen LogP contribution in [0.1, 0.15) is 26.2 Å². The second kappa shape index (κ2) is 5.48. The van der Waals surface area contributed by atoms with Crippen LogP contribution in [0.25, 0.3) is 0 Å². The van der Waals surface area contributed by atoms with Crippen LogP contribution in [0.5, 0.6) is 0 Å². The van der Waals surface area contributed by atoms with Crippen molar-refractivity contribution < 1.29 is 9.53 Å². The first-order valence-corrected chi connectivity index (χ1v) is 5.87. The average Bonchev–Trinajstić information content (AvgIpc) is 2.79. The van der Waals surface area contributed by atoms with Gasteiger partial charge in [0.15, 0.2) is 0 Å². The van der Waals surface area contributed by atoms with Crippen molar-refractivity contribution in [2.45, 2.75) is 26.2 Å². The Labute approximate surface area is 101 Å². The smallest absolute Gasteiger partial charge is 0.335 e. The van der Waals surface area contributed by atoms with E-state index in [1.807, 2.05) is 19.1 Å². The molecule has 1 aliphatic carbocycles. The summed E-state index contributed by atoms with van der Waals surface area (Å²) in [5, 5.41) is 3.25. The molecule has 1 N–H and O–H groups in total. The molecule has 0 saturated carbocycles. The maximum atomic E-state index is 11.7. The molecule has 4 heteroatoms. The van der Waals surface area contributed by atoms with E-state index in [2.05, 4.69) is 10.3 Å². The van der Waals surface area contributed by atoms with Crippen molar-refractivity contribution in [2.24, 2.45) is 0 Å². The van der Waals surface area contributed by atoms with E-state index in [4.69, 9.17) is 4.74 Å². The third kappa shape index (κ3) is 2.84. The molecule has 4 nitrogen and oxygen atoms in total. The fourth-order valence-electron chi connectivity index (χ4n) is 1.94. The maximum Gasteiger partial charge on any atom is 0.335 e. The van der Waals surface area contributed by atoms with Gasteiger partial charge in [-0.15, -0.1) is 0 Å². The SMILES string of the molecule is CCOC(=O)C1=C(Nc2cccnc2)CCC1. The molecule has 0 aromatic carbocycles. The molecule has 0 spiro atoms. The number of nitrogens with one attached hydrogen (secondary N) is 1. The van der Waals surface area contributed by atoms with E-state index in [9.17, 15) is 4.79 Å². The minimum Gasteiger partial charge on any atom is -0.463 e. The van der Waals surface area contributed by atoms with Gasteiger partial charge in [0.25, 0.3) is 0 Å². The number of aromatic nitrogens is 1. The molecule has 0 amide bonds. The van der Waals surface area contributed by atoms with E-state index in [1.54, 1.807) is 12.4 Å². The molecular weight excluding hydrogens is 216 g/mol. The zero-order valence-electron chi connectivity index (χ0n) is 9.90. The number of carbonyl (C=O) groups excluding carboxylic acids is 1. The fourth-order valence-corrected chi connectivity index (χ4v) is 1.94. The lowest BCUT2D eigenvalue weighted by Gasteiger charge is -2.09. The van der Waals surface area contributed by atoms with Crippen LogP contribution >= 0.6 is 0 Å². The number of carbonyl (C=O) groups is 1. The zero-order valence-corrected chi connectivity index (χ0v) is 9.90. The number of rotatable bonds is 4. The molecule has 0 aliphatic heterocycles. The molecule has 0 unspecified atom stereocenters. The second-order valence-corrected chi connectivity index (χ2v) is 3.90. The standard InChI is InChI=1S/C13H16N2O2/c1-2-17-13(16)11-6-3-7-12(11)15-10-5-4-8-14-9-10/h4-5,8-9,15H,2-3,6-7H2,1H3. The number of anilines is 1. The van der Waals surface area contributed by atoms with Crippen molar-refractivity contribution in [3.63, 3.8) is 0 Å². The lowest BCUT2D eigenvalue weighted by molar-refractivity contribution is -0.138. The summed E-state index contributed by atoms with van der Waals surface area (Å²) in [7, 11) is 0. The minimum atomic E-state index is -0.198. The van der Waals surface area contributed by atoms with Crippen molar-refractivity contribution in [1.82, 2.24) is 4.98 Å². The van der Waals surface area contributed by atoms with Crippen LogP contribution in [0.2, 0.25) is 0 Å². The molecular formula is C13H16N2O2. The number of nitrogens with zero attached hydrogens (tertiary/aromatic N) is 1. The van der Waals surface area contributed by atoms with Crippen molar-refractivity contribution in [1.29, 1.82) is 0 Å². The highest BCUT2D eigenvalue weighted by Gasteiger charge is 2.21. The van der Waals surface area contributed by atoms with Crippen LogP contribution in [0, 0.1) is 0 Å². The predicted octanol–water partition coefficient (Wildman–Crippen LogP) is 2.49. The van der Waals surface area contributed by atoms with Crippen molar-refractivity contribution in [3.8, 4) is 0 Å². The van der Waals surface area contributed by atoms with Crippen LogP contribution in [-0.2, 0) is 9.53 Å². The van der Waals surface area contributed by atoms with Gasteiger partial charge >= 0.3 is 5.97 Å². The number of allylic oxidation sites excluding steroid dienone is 1. The normalized spacial score (nSPS) is 14.9. The third-order valence-electron chi connectivity index (χ3n) is 2.70. The van der Waals surface area contributed by atoms with Gasteiger partial charge in [0, 0.05) is 11.9 Å². The summed E-state index contributed by atoms with van der Waals surface area (Å²) in [5.41, 5.74) is 2.65. The van der Waals surface area contributed by atoms with E-state index < -0.39 is 0 Å². The van der Waals surface area contributed by atoms with Crippen LogP contribution < -0.4 is 5.32 Å². The van der Waals surface area contributed by atoms with E-state index in [0.717, 1.165) is 36.2 Å². The molecule has 0 radical (unpaired) electrons. The Morgan fingerprint density at radius 2 is 2.41 bits per heavy atom. The number of esters is 1. The van der Waals surface area contributed by atoms with Gasteiger partial charge in [-0.1, -0.05) is 0 Å². The van der Waals surface area contributed by atoms with E-state index >= 15 is 0 Å². The highest BCUT2D eigenvalue weighted by molar-refractivity contribution is 5.90. The molecule has 17 heavy (non-hydrogen) atoms. The van der Waals surface area contributed by atoms with Crippen LogP contribution in [0.4, 0.5) is 5.69 Å². The summed E-state index contributed by atoms with van der Waals surface area (Å²) in [4.78, 5) is 15.7. The molecule has 2 rings (SSSR count). The minimum absolute atomic E-state index is 0.198. The van der Waals surface area contributed by atoms with Gasteiger partial charge < -0.3 is 10.1 Å². The van der Waals surface area contributed by atoms with E-state index in [1.165, 1.54) is 0 Å².